The standard InChI is InChI=1S/C16H22O4/c1-12(16(17)20-14-6-4-3-5-7-14)19-15-10-8-13(18-2)9-11-15/h8-12,14H,3-7H2,1-2H3. The van der Waals surface area contributed by atoms with E-state index < -0.39 is 6.10 Å². The second-order valence-electron chi connectivity index (χ2n) is 5.13. The molecule has 0 spiro atoms. The largest absolute Gasteiger partial charge is 0.497 e. The molecule has 1 saturated carbocycles. The molecule has 1 aromatic carbocycles. The van der Waals surface area contributed by atoms with Crippen molar-refractivity contribution in [3.63, 3.8) is 0 Å². The van der Waals surface area contributed by atoms with Gasteiger partial charge in [-0.05, 0) is 56.9 Å². The Kier molecular flexibility index (Phi) is 5.27. The van der Waals surface area contributed by atoms with E-state index in [4.69, 9.17) is 14.2 Å². The molecule has 1 aromatic rings. The molecule has 1 atom stereocenters. The highest BCUT2D eigenvalue weighted by molar-refractivity contribution is 5.74. The van der Waals surface area contributed by atoms with Gasteiger partial charge in [-0.3, -0.25) is 0 Å². The van der Waals surface area contributed by atoms with Crippen LogP contribution in [0.4, 0.5) is 0 Å². The van der Waals surface area contributed by atoms with E-state index in [2.05, 4.69) is 0 Å². The fourth-order valence-electron chi connectivity index (χ4n) is 2.35. The summed E-state index contributed by atoms with van der Waals surface area (Å²) < 4.78 is 16.1. The van der Waals surface area contributed by atoms with Gasteiger partial charge in [0.15, 0.2) is 6.10 Å². The third-order valence-corrected chi connectivity index (χ3v) is 3.54. The Balaban J connectivity index is 1.83. The van der Waals surface area contributed by atoms with Crippen LogP contribution in [0.2, 0.25) is 0 Å². The van der Waals surface area contributed by atoms with Gasteiger partial charge in [-0.15, -0.1) is 0 Å². The zero-order chi connectivity index (χ0) is 14.4. The lowest BCUT2D eigenvalue weighted by Crippen LogP contribution is -2.31. The Morgan fingerprint density at radius 3 is 2.30 bits per heavy atom. The number of methoxy groups -OCH3 is 1. The molecule has 0 N–H and O–H groups in total. The summed E-state index contributed by atoms with van der Waals surface area (Å²) in [6.45, 7) is 1.72. The second-order valence-corrected chi connectivity index (χ2v) is 5.13. The van der Waals surface area contributed by atoms with Gasteiger partial charge in [0, 0.05) is 0 Å². The molecule has 1 aliphatic rings. The molecule has 0 saturated heterocycles. The Hall–Kier alpha value is -1.71. The molecule has 1 fully saturated rings. The normalized spacial score (nSPS) is 17.3. The quantitative estimate of drug-likeness (QED) is 0.775. The minimum atomic E-state index is -0.592. The van der Waals surface area contributed by atoms with Crippen LogP contribution in [-0.4, -0.2) is 25.3 Å². The monoisotopic (exact) mass is 278 g/mol. The van der Waals surface area contributed by atoms with E-state index in [1.54, 1.807) is 38.3 Å². The number of carbonyl (C=O) groups is 1. The molecule has 110 valence electrons. The second kappa shape index (κ2) is 7.17. The zero-order valence-corrected chi connectivity index (χ0v) is 12.1. The van der Waals surface area contributed by atoms with Crippen LogP contribution >= 0.6 is 0 Å². The third kappa shape index (κ3) is 4.15. The molecule has 4 heteroatoms. The summed E-state index contributed by atoms with van der Waals surface area (Å²) in [5.41, 5.74) is 0. The van der Waals surface area contributed by atoms with Gasteiger partial charge in [-0.25, -0.2) is 4.79 Å². The van der Waals surface area contributed by atoms with Gasteiger partial charge in [0.25, 0.3) is 0 Å². The molecular weight excluding hydrogens is 256 g/mol. The van der Waals surface area contributed by atoms with Crippen LogP contribution in [0.25, 0.3) is 0 Å². The first kappa shape index (κ1) is 14.7. The molecule has 0 aliphatic heterocycles. The van der Waals surface area contributed by atoms with Crippen molar-refractivity contribution >= 4 is 5.97 Å². The number of hydrogen-bond acceptors (Lipinski definition) is 4. The van der Waals surface area contributed by atoms with E-state index in [0.717, 1.165) is 31.4 Å². The van der Waals surface area contributed by atoms with Crippen molar-refractivity contribution in [1.29, 1.82) is 0 Å². The maximum absolute atomic E-state index is 12.0. The third-order valence-electron chi connectivity index (χ3n) is 3.54. The van der Waals surface area contributed by atoms with Gasteiger partial charge >= 0.3 is 5.97 Å². The number of esters is 1. The van der Waals surface area contributed by atoms with Crippen molar-refractivity contribution in [2.75, 3.05) is 7.11 Å². The lowest BCUT2D eigenvalue weighted by atomic mass is 9.98. The summed E-state index contributed by atoms with van der Waals surface area (Å²) in [4.78, 5) is 12.0. The molecule has 4 nitrogen and oxygen atoms in total. The fourth-order valence-corrected chi connectivity index (χ4v) is 2.35. The SMILES string of the molecule is COc1ccc(OC(C)C(=O)OC2CCCCC2)cc1. The van der Waals surface area contributed by atoms with Crippen molar-refractivity contribution in [2.45, 2.75) is 51.2 Å². The highest BCUT2D eigenvalue weighted by Gasteiger charge is 2.22. The molecule has 0 amide bonds. The van der Waals surface area contributed by atoms with Crippen LogP contribution in [0.15, 0.2) is 24.3 Å². The number of benzene rings is 1. The number of hydrogen-bond donors (Lipinski definition) is 0. The predicted octanol–water partition coefficient (Wildman–Crippen LogP) is 3.34. The molecule has 0 heterocycles. The van der Waals surface area contributed by atoms with Gasteiger partial charge in [0.05, 0.1) is 7.11 Å². The first-order chi connectivity index (χ1) is 9.69. The van der Waals surface area contributed by atoms with Crippen LogP contribution in [-0.2, 0) is 9.53 Å². The van der Waals surface area contributed by atoms with E-state index >= 15 is 0 Å². The lowest BCUT2D eigenvalue weighted by molar-refractivity contribution is -0.158. The molecule has 1 unspecified atom stereocenters. The molecule has 1 aliphatic carbocycles. The minimum absolute atomic E-state index is 0.0677. The molecule has 0 radical (unpaired) electrons. The van der Waals surface area contributed by atoms with Crippen molar-refractivity contribution in [1.82, 2.24) is 0 Å². The molecule has 0 bridgehead atoms. The van der Waals surface area contributed by atoms with E-state index in [-0.39, 0.29) is 12.1 Å². The zero-order valence-electron chi connectivity index (χ0n) is 12.1. The Labute approximate surface area is 120 Å². The Morgan fingerprint density at radius 1 is 1.10 bits per heavy atom. The van der Waals surface area contributed by atoms with Crippen molar-refractivity contribution < 1.29 is 19.0 Å². The summed E-state index contributed by atoms with van der Waals surface area (Å²) in [6, 6.07) is 7.16. The van der Waals surface area contributed by atoms with E-state index in [1.807, 2.05) is 0 Å². The average molecular weight is 278 g/mol. The summed E-state index contributed by atoms with van der Waals surface area (Å²) in [5, 5.41) is 0. The van der Waals surface area contributed by atoms with Crippen molar-refractivity contribution in [3.05, 3.63) is 24.3 Å². The van der Waals surface area contributed by atoms with Crippen LogP contribution in [0.3, 0.4) is 0 Å². The number of ether oxygens (including phenoxy) is 3. The van der Waals surface area contributed by atoms with Crippen molar-refractivity contribution in [3.8, 4) is 11.5 Å². The smallest absolute Gasteiger partial charge is 0.347 e. The Bertz CT molecular complexity index is 421. The minimum Gasteiger partial charge on any atom is -0.497 e. The first-order valence-corrected chi connectivity index (χ1v) is 7.20. The summed E-state index contributed by atoms with van der Waals surface area (Å²) in [5.74, 6) is 1.11. The van der Waals surface area contributed by atoms with Crippen LogP contribution in [0.5, 0.6) is 11.5 Å². The number of carbonyl (C=O) groups excluding carboxylic acids is 1. The van der Waals surface area contributed by atoms with Crippen molar-refractivity contribution in [2.24, 2.45) is 0 Å². The summed E-state index contributed by atoms with van der Waals surface area (Å²) in [7, 11) is 1.61. The lowest BCUT2D eigenvalue weighted by Gasteiger charge is -2.23. The predicted molar refractivity (Wildman–Crippen MR) is 76.0 cm³/mol. The van der Waals surface area contributed by atoms with E-state index in [1.165, 1.54) is 6.42 Å². The van der Waals surface area contributed by atoms with Gasteiger partial charge in [0.1, 0.15) is 17.6 Å². The summed E-state index contributed by atoms with van der Waals surface area (Å²) >= 11 is 0. The maximum Gasteiger partial charge on any atom is 0.347 e. The van der Waals surface area contributed by atoms with Gasteiger partial charge in [-0.1, -0.05) is 6.42 Å². The Morgan fingerprint density at radius 2 is 1.70 bits per heavy atom. The van der Waals surface area contributed by atoms with Crippen LogP contribution in [0, 0.1) is 0 Å². The number of rotatable bonds is 5. The highest BCUT2D eigenvalue weighted by Crippen LogP contribution is 2.22. The molecule has 20 heavy (non-hydrogen) atoms. The molecule has 0 aromatic heterocycles. The van der Waals surface area contributed by atoms with Crippen LogP contribution in [0.1, 0.15) is 39.0 Å². The maximum atomic E-state index is 12.0. The topological polar surface area (TPSA) is 44.8 Å². The van der Waals surface area contributed by atoms with Gasteiger partial charge in [-0.2, -0.15) is 0 Å². The van der Waals surface area contributed by atoms with E-state index in [9.17, 15) is 4.79 Å². The van der Waals surface area contributed by atoms with Gasteiger partial charge < -0.3 is 14.2 Å². The molecule has 2 rings (SSSR count). The molecular formula is C16H22O4. The highest BCUT2D eigenvalue weighted by atomic mass is 16.6. The average Bonchev–Trinajstić information content (AvgIpc) is 2.49. The summed E-state index contributed by atoms with van der Waals surface area (Å²) in [6.07, 6.45) is 4.95. The fraction of sp³-hybridized carbons (Fsp3) is 0.562. The van der Waals surface area contributed by atoms with Crippen LogP contribution < -0.4 is 9.47 Å². The first-order valence-electron chi connectivity index (χ1n) is 7.20. The van der Waals surface area contributed by atoms with Gasteiger partial charge in [0.2, 0.25) is 0 Å². The van der Waals surface area contributed by atoms with E-state index in [0.29, 0.717) is 5.75 Å².